The highest BCUT2D eigenvalue weighted by Crippen LogP contribution is 2.62. The van der Waals surface area contributed by atoms with Gasteiger partial charge in [0, 0.05) is 33.9 Å². The maximum atomic E-state index is 14.9. The number of halogens is 1. The van der Waals surface area contributed by atoms with E-state index in [1.54, 1.807) is 73.8 Å². The number of anilines is 1. The highest BCUT2D eigenvalue weighted by atomic mass is 35.5. The van der Waals surface area contributed by atoms with E-state index in [4.69, 9.17) is 21.1 Å². The summed E-state index contributed by atoms with van der Waals surface area (Å²) < 4.78 is 11.4. The molecule has 0 amide bonds. The summed E-state index contributed by atoms with van der Waals surface area (Å²) in [5, 5.41) is 0.296. The van der Waals surface area contributed by atoms with Gasteiger partial charge in [0.05, 0.1) is 25.3 Å². The zero-order valence-corrected chi connectivity index (χ0v) is 23.7. The quantitative estimate of drug-likeness (QED) is 0.195. The standard InChI is InChI=1S/C35H26ClNO5/c1-41-21-16-17-28(42-2)25(19-21)30-31(32(38)24-12-6-7-13-26(24)36)37-27-14-8-3-9-20(27)15-18-29(37)35(30)33(39)22-10-4-5-11-23(22)34(35)40/h3-19,29-31H,1-2H3/t29?,30-,31+/m0/s1. The number of ketones is 3. The smallest absolute Gasteiger partial charge is 0.187 e. The lowest BCUT2D eigenvalue weighted by Gasteiger charge is -2.37. The van der Waals surface area contributed by atoms with E-state index in [1.807, 2.05) is 41.3 Å². The van der Waals surface area contributed by atoms with Gasteiger partial charge in [-0.05, 0) is 42.0 Å². The van der Waals surface area contributed by atoms with Gasteiger partial charge in [-0.1, -0.05) is 78.4 Å². The van der Waals surface area contributed by atoms with Crippen LogP contribution in [0.3, 0.4) is 0 Å². The minimum absolute atomic E-state index is 0.293. The number of carbonyl (C=O) groups excluding carboxylic acids is 3. The fourth-order valence-electron chi connectivity index (χ4n) is 7.16. The van der Waals surface area contributed by atoms with Gasteiger partial charge in [0.25, 0.3) is 0 Å². The lowest BCUT2D eigenvalue weighted by molar-refractivity contribution is 0.0664. The van der Waals surface area contributed by atoms with Crippen LogP contribution in [-0.4, -0.2) is 43.7 Å². The molecular weight excluding hydrogens is 550 g/mol. The monoisotopic (exact) mass is 575 g/mol. The third kappa shape index (κ3) is 3.42. The first-order valence-corrected chi connectivity index (χ1v) is 14.1. The zero-order chi connectivity index (χ0) is 29.2. The average Bonchev–Trinajstić information content (AvgIpc) is 3.46. The molecule has 0 N–H and O–H groups in total. The van der Waals surface area contributed by atoms with Gasteiger partial charge in [-0.25, -0.2) is 0 Å². The second kappa shape index (κ2) is 9.71. The lowest BCUT2D eigenvalue weighted by atomic mass is 9.64. The maximum Gasteiger partial charge on any atom is 0.187 e. The molecule has 2 aliphatic heterocycles. The van der Waals surface area contributed by atoms with Gasteiger partial charge in [-0.2, -0.15) is 0 Å². The van der Waals surface area contributed by atoms with Crippen molar-refractivity contribution in [2.45, 2.75) is 18.0 Å². The molecular formula is C35H26ClNO5. The van der Waals surface area contributed by atoms with Crippen molar-refractivity contribution in [1.82, 2.24) is 0 Å². The van der Waals surface area contributed by atoms with Gasteiger partial charge in [0.2, 0.25) is 0 Å². The number of hydrogen-bond acceptors (Lipinski definition) is 6. The number of hydrogen-bond donors (Lipinski definition) is 0. The highest BCUT2D eigenvalue weighted by molar-refractivity contribution is 6.35. The van der Waals surface area contributed by atoms with Crippen LogP contribution in [0.25, 0.3) is 6.08 Å². The Morgan fingerprint density at radius 2 is 1.50 bits per heavy atom. The summed E-state index contributed by atoms with van der Waals surface area (Å²) in [7, 11) is 3.08. The first kappa shape index (κ1) is 26.2. The Labute approximate surface area is 248 Å². The van der Waals surface area contributed by atoms with E-state index in [2.05, 4.69) is 0 Å². The SMILES string of the molecule is COc1ccc(OC)c([C@H]2[C@H](C(=O)c3ccccc3Cl)N3c4ccccc4C=CC3C23C(=O)c2ccccc2C3=O)c1. The number of carbonyl (C=O) groups is 3. The van der Waals surface area contributed by atoms with Crippen molar-refractivity contribution in [3.05, 3.63) is 130 Å². The van der Waals surface area contributed by atoms with E-state index in [0.29, 0.717) is 38.8 Å². The van der Waals surface area contributed by atoms with Gasteiger partial charge >= 0.3 is 0 Å². The Morgan fingerprint density at radius 3 is 2.19 bits per heavy atom. The molecule has 7 rings (SSSR count). The van der Waals surface area contributed by atoms with E-state index in [-0.39, 0.29) is 17.3 Å². The number of ether oxygens (including phenoxy) is 2. The van der Waals surface area contributed by atoms with Crippen molar-refractivity contribution in [3.63, 3.8) is 0 Å². The zero-order valence-electron chi connectivity index (χ0n) is 22.9. The van der Waals surface area contributed by atoms with Crippen LogP contribution in [-0.2, 0) is 0 Å². The molecule has 0 saturated carbocycles. The van der Waals surface area contributed by atoms with Crippen molar-refractivity contribution in [1.29, 1.82) is 0 Å². The normalized spacial score (nSPS) is 21.2. The van der Waals surface area contributed by atoms with Gasteiger partial charge in [-0.15, -0.1) is 0 Å². The van der Waals surface area contributed by atoms with Gasteiger partial charge in [0.15, 0.2) is 17.3 Å². The molecule has 1 fully saturated rings. The first-order chi connectivity index (χ1) is 20.4. The van der Waals surface area contributed by atoms with Crippen molar-refractivity contribution >= 4 is 40.7 Å². The minimum Gasteiger partial charge on any atom is -0.497 e. The minimum atomic E-state index is -1.66. The van der Waals surface area contributed by atoms with E-state index in [9.17, 15) is 14.4 Å². The van der Waals surface area contributed by atoms with Crippen LogP contribution >= 0.6 is 11.6 Å². The van der Waals surface area contributed by atoms with E-state index >= 15 is 0 Å². The molecule has 6 nitrogen and oxygen atoms in total. The predicted molar refractivity (Wildman–Crippen MR) is 161 cm³/mol. The summed E-state index contributed by atoms with van der Waals surface area (Å²) in [5.74, 6) is -0.900. The molecule has 0 aromatic heterocycles. The van der Waals surface area contributed by atoms with E-state index in [0.717, 1.165) is 11.3 Å². The topological polar surface area (TPSA) is 72.9 Å². The average molecular weight is 576 g/mol. The Balaban J connectivity index is 1.60. The van der Waals surface area contributed by atoms with Crippen LogP contribution in [0.1, 0.15) is 48.1 Å². The van der Waals surface area contributed by atoms with Crippen LogP contribution in [0, 0.1) is 5.41 Å². The number of fused-ring (bicyclic) bond motifs is 5. The summed E-state index contributed by atoms with van der Waals surface area (Å²) in [6, 6.07) is 25.0. The molecule has 7 heteroatoms. The molecule has 4 aromatic carbocycles. The molecule has 0 radical (unpaired) electrons. The Morgan fingerprint density at radius 1 is 0.833 bits per heavy atom. The Hall–Kier alpha value is -4.68. The predicted octanol–water partition coefficient (Wildman–Crippen LogP) is 6.67. The number of methoxy groups -OCH3 is 2. The van der Waals surface area contributed by atoms with Crippen LogP contribution in [0.2, 0.25) is 5.02 Å². The van der Waals surface area contributed by atoms with Crippen LogP contribution in [0.15, 0.2) is 97.1 Å². The second-order valence-corrected chi connectivity index (χ2v) is 11.1. The summed E-state index contributed by atoms with van der Waals surface area (Å²) in [6.07, 6.45) is 3.83. The molecule has 3 atom stereocenters. The first-order valence-electron chi connectivity index (χ1n) is 13.7. The third-order valence-electron chi connectivity index (χ3n) is 8.89. The molecule has 4 aromatic rings. The molecule has 1 spiro atoms. The van der Waals surface area contributed by atoms with Crippen molar-refractivity contribution in [3.8, 4) is 11.5 Å². The second-order valence-electron chi connectivity index (χ2n) is 10.7. The summed E-state index contributed by atoms with van der Waals surface area (Å²) in [6.45, 7) is 0. The molecule has 2 heterocycles. The van der Waals surface area contributed by atoms with Gasteiger partial charge in [0.1, 0.15) is 23.0 Å². The summed E-state index contributed by atoms with van der Waals surface area (Å²) in [5.41, 5.74) is 1.55. The lowest BCUT2D eigenvalue weighted by Crippen LogP contribution is -2.48. The number of nitrogens with zero attached hydrogens (tertiary/aromatic N) is 1. The fraction of sp³-hybridized carbons (Fsp3) is 0.171. The van der Waals surface area contributed by atoms with Crippen molar-refractivity contribution in [2.75, 3.05) is 19.1 Å². The maximum absolute atomic E-state index is 14.9. The van der Waals surface area contributed by atoms with Crippen molar-refractivity contribution < 1.29 is 23.9 Å². The molecule has 1 unspecified atom stereocenters. The molecule has 1 saturated heterocycles. The number of benzene rings is 4. The van der Waals surface area contributed by atoms with E-state index in [1.165, 1.54) is 7.11 Å². The molecule has 1 aliphatic carbocycles. The largest absolute Gasteiger partial charge is 0.497 e. The van der Waals surface area contributed by atoms with Crippen molar-refractivity contribution in [2.24, 2.45) is 5.41 Å². The summed E-state index contributed by atoms with van der Waals surface area (Å²) in [4.78, 5) is 46.4. The van der Waals surface area contributed by atoms with Gasteiger partial charge < -0.3 is 14.4 Å². The molecule has 0 bridgehead atoms. The highest BCUT2D eigenvalue weighted by Gasteiger charge is 2.72. The van der Waals surface area contributed by atoms with Crippen LogP contribution in [0.4, 0.5) is 5.69 Å². The number of rotatable bonds is 5. The van der Waals surface area contributed by atoms with E-state index < -0.39 is 23.4 Å². The van der Waals surface area contributed by atoms with Gasteiger partial charge in [-0.3, -0.25) is 14.4 Å². The van der Waals surface area contributed by atoms with Crippen LogP contribution < -0.4 is 14.4 Å². The fourth-order valence-corrected chi connectivity index (χ4v) is 7.39. The molecule has 3 aliphatic rings. The number of para-hydroxylation sites is 1. The Bertz CT molecular complexity index is 1790. The Kier molecular flexibility index (Phi) is 6.06. The van der Waals surface area contributed by atoms with Crippen LogP contribution in [0.5, 0.6) is 11.5 Å². The third-order valence-corrected chi connectivity index (χ3v) is 9.22. The number of Topliss-reactive ketones (excluding diaryl/α,β-unsaturated/α-hetero) is 3. The summed E-state index contributed by atoms with van der Waals surface area (Å²) >= 11 is 6.62. The molecule has 208 valence electrons. The molecule has 42 heavy (non-hydrogen) atoms.